The Hall–Kier alpha value is -1.44. The first-order valence-corrected chi connectivity index (χ1v) is 13.1. The van der Waals surface area contributed by atoms with Gasteiger partial charge in [0.1, 0.15) is 0 Å². The number of piperidine rings is 1. The van der Waals surface area contributed by atoms with Gasteiger partial charge >= 0.3 is 0 Å². The number of carbonyl (C=O) groups excluding carboxylic acids is 1. The van der Waals surface area contributed by atoms with Crippen LogP contribution in [0.1, 0.15) is 57.4 Å². The Labute approximate surface area is 180 Å². The van der Waals surface area contributed by atoms with Crippen LogP contribution in [0.25, 0.3) is 0 Å². The van der Waals surface area contributed by atoms with E-state index in [-0.39, 0.29) is 23.1 Å². The Morgan fingerprint density at radius 3 is 2.63 bits per heavy atom. The minimum Gasteiger partial charge on any atom is -0.351 e. The predicted molar refractivity (Wildman–Crippen MR) is 118 cm³/mol. The molecule has 3 aliphatic rings. The van der Waals surface area contributed by atoms with Crippen molar-refractivity contribution in [3.05, 3.63) is 29.8 Å². The first kappa shape index (κ1) is 21.8. The summed E-state index contributed by atoms with van der Waals surface area (Å²) in [5.41, 5.74) is 0.926. The summed E-state index contributed by atoms with van der Waals surface area (Å²) in [6.45, 7) is 4.51. The number of benzene rings is 1. The van der Waals surface area contributed by atoms with Crippen LogP contribution >= 0.6 is 0 Å². The fraction of sp³-hybridized carbons (Fsp3) is 0.696. The van der Waals surface area contributed by atoms with Gasteiger partial charge in [-0.25, -0.2) is 8.42 Å². The van der Waals surface area contributed by atoms with Crippen LogP contribution in [0.3, 0.4) is 0 Å². The van der Waals surface area contributed by atoms with Crippen molar-refractivity contribution < 1.29 is 13.2 Å². The molecule has 0 radical (unpaired) electrons. The van der Waals surface area contributed by atoms with E-state index >= 15 is 0 Å². The molecule has 1 aliphatic carbocycles. The van der Waals surface area contributed by atoms with Gasteiger partial charge in [-0.1, -0.05) is 38.3 Å². The topological polar surface area (TPSA) is 87.3 Å². The lowest BCUT2D eigenvalue weighted by molar-refractivity contribution is -0.123. The maximum absolute atomic E-state index is 13.1. The molecule has 5 unspecified atom stereocenters. The van der Waals surface area contributed by atoms with E-state index in [0.717, 1.165) is 63.6 Å². The number of rotatable bonds is 6. The van der Waals surface area contributed by atoms with E-state index < -0.39 is 9.84 Å². The zero-order chi connectivity index (χ0) is 21.1. The van der Waals surface area contributed by atoms with Crippen molar-refractivity contribution in [3.63, 3.8) is 0 Å². The Kier molecular flexibility index (Phi) is 6.80. The van der Waals surface area contributed by atoms with Crippen molar-refractivity contribution in [1.82, 2.24) is 16.0 Å². The fourth-order valence-electron chi connectivity index (χ4n) is 5.54. The van der Waals surface area contributed by atoms with Crippen LogP contribution in [-0.2, 0) is 21.2 Å². The van der Waals surface area contributed by atoms with Crippen molar-refractivity contribution in [3.8, 4) is 0 Å². The molecule has 2 aliphatic heterocycles. The Balaban J connectivity index is 1.34. The number of hydrogen-bond donors (Lipinski definition) is 3. The highest BCUT2D eigenvalue weighted by Gasteiger charge is 2.38. The lowest BCUT2D eigenvalue weighted by atomic mass is 9.87. The van der Waals surface area contributed by atoms with Crippen molar-refractivity contribution in [1.29, 1.82) is 0 Å². The van der Waals surface area contributed by atoms with Gasteiger partial charge in [-0.15, -0.1) is 0 Å². The number of sulfone groups is 1. The molecule has 4 rings (SSSR count). The van der Waals surface area contributed by atoms with E-state index in [9.17, 15) is 13.2 Å². The lowest BCUT2D eigenvalue weighted by Gasteiger charge is -2.30. The van der Waals surface area contributed by atoms with E-state index in [4.69, 9.17) is 0 Å². The summed E-state index contributed by atoms with van der Waals surface area (Å²) in [6.07, 6.45) is 6.78. The molecule has 0 bridgehead atoms. The molecule has 7 heteroatoms. The monoisotopic (exact) mass is 433 g/mol. The van der Waals surface area contributed by atoms with Crippen LogP contribution < -0.4 is 16.0 Å². The van der Waals surface area contributed by atoms with Gasteiger partial charge in [-0.05, 0) is 68.3 Å². The summed E-state index contributed by atoms with van der Waals surface area (Å²) in [6, 6.07) is 7.42. The van der Waals surface area contributed by atoms with Gasteiger partial charge in [0.05, 0.1) is 16.2 Å². The smallest absolute Gasteiger partial charge is 0.237 e. The molecule has 0 spiro atoms. The summed E-state index contributed by atoms with van der Waals surface area (Å²) in [4.78, 5) is 13.0. The highest BCUT2D eigenvalue weighted by atomic mass is 32.2. The molecule has 2 saturated heterocycles. The zero-order valence-electron chi connectivity index (χ0n) is 17.9. The Bertz CT molecular complexity index is 826. The average molecular weight is 434 g/mol. The number of fused-ring (bicyclic) bond motifs is 1. The summed E-state index contributed by atoms with van der Waals surface area (Å²) in [5, 5.41) is 9.63. The van der Waals surface area contributed by atoms with Gasteiger partial charge in [0.25, 0.3) is 0 Å². The molecule has 2 heterocycles. The Morgan fingerprint density at radius 2 is 1.90 bits per heavy atom. The van der Waals surface area contributed by atoms with E-state index in [1.54, 1.807) is 12.1 Å². The molecule has 1 saturated carbocycles. The SMILES string of the molecule is CCC1CCCCC1S(=O)(=O)c1ccc(CNC(=O)C2CC3CNCCC3N2)cc1. The summed E-state index contributed by atoms with van der Waals surface area (Å²) < 4.78 is 26.3. The normalized spacial score (nSPS) is 31.8. The average Bonchev–Trinajstić information content (AvgIpc) is 3.22. The summed E-state index contributed by atoms with van der Waals surface area (Å²) in [7, 11) is -3.30. The molecule has 6 nitrogen and oxygen atoms in total. The molecule has 1 amide bonds. The third-order valence-electron chi connectivity index (χ3n) is 7.36. The molecule has 1 aromatic rings. The minimum absolute atomic E-state index is 0.0362. The van der Waals surface area contributed by atoms with Crippen LogP contribution in [0.2, 0.25) is 0 Å². The van der Waals surface area contributed by atoms with Gasteiger partial charge < -0.3 is 16.0 Å². The second-order valence-electron chi connectivity index (χ2n) is 9.21. The second-order valence-corrected chi connectivity index (χ2v) is 11.4. The zero-order valence-corrected chi connectivity index (χ0v) is 18.7. The fourth-order valence-corrected chi connectivity index (χ4v) is 7.71. The van der Waals surface area contributed by atoms with Gasteiger partial charge in [-0.2, -0.15) is 0 Å². The highest BCUT2D eigenvalue weighted by Crippen LogP contribution is 2.35. The Morgan fingerprint density at radius 1 is 1.13 bits per heavy atom. The maximum Gasteiger partial charge on any atom is 0.237 e. The third-order valence-corrected chi connectivity index (χ3v) is 9.71. The molecular weight excluding hydrogens is 398 g/mol. The van der Waals surface area contributed by atoms with Gasteiger partial charge in [-0.3, -0.25) is 4.79 Å². The molecule has 30 heavy (non-hydrogen) atoms. The first-order chi connectivity index (χ1) is 14.5. The van der Waals surface area contributed by atoms with E-state index in [2.05, 4.69) is 22.9 Å². The molecule has 1 aromatic carbocycles. The second kappa shape index (κ2) is 9.37. The van der Waals surface area contributed by atoms with Gasteiger partial charge in [0.2, 0.25) is 5.91 Å². The molecular formula is C23H35N3O3S. The highest BCUT2D eigenvalue weighted by molar-refractivity contribution is 7.92. The molecule has 0 aromatic heterocycles. The quantitative estimate of drug-likeness (QED) is 0.641. The largest absolute Gasteiger partial charge is 0.351 e. The van der Waals surface area contributed by atoms with E-state index in [1.165, 1.54) is 0 Å². The third kappa shape index (κ3) is 4.58. The number of carbonyl (C=O) groups is 1. The maximum atomic E-state index is 13.1. The lowest BCUT2D eigenvalue weighted by Crippen LogP contribution is -2.45. The number of nitrogens with one attached hydrogen (secondary N) is 3. The predicted octanol–water partition coefficient (Wildman–Crippen LogP) is 2.39. The van der Waals surface area contributed by atoms with Crippen molar-refractivity contribution in [2.45, 2.75) is 80.6 Å². The van der Waals surface area contributed by atoms with Crippen molar-refractivity contribution in [2.75, 3.05) is 13.1 Å². The van der Waals surface area contributed by atoms with Crippen LogP contribution in [0.15, 0.2) is 29.2 Å². The number of amides is 1. The van der Waals surface area contributed by atoms with Crippen LogP contribution in [-0.4, -0.2) is 44.7 Å². The van der Waals surface area contributed by atoms with Crippen molar-refractivity contribution >= 4 is 15.7 Å². The standard InChI is InChI=1S/C23H35N3O3S/c1-2-17-5-3-4-6-22(17)30(28,29)19-9-7-16(8-10-19)14-25-23(27)21-13-18-15-24-12-11-20(18)26-21/h7-10,17-18,20-22,24,26H,2-6,11-15H2,1H3,(H,25,27). The first-order valence-electron chi connectivity index (χ1n) is 11.6. The molecule has 3 N–H and O–H groups in total. The van der Waals surface area contributed by atoms with E-state index in [1.807, 2.05) is 12.1 Å². The van der Waals surface area contributed by atoms with Crippen LogP contribution in [0, 0.1) is 11.8 Å². The van der Waals surface area contributed by atoms with E-state index in [0.29, 0.717) is 23.4 Å². The van der Waals surface area contributed by atoms with Gasteiger partial charge in [0, 0.05) is 12.6 Å². The molecule has 5 atom stereocenters. The molecule has 3 fully saturated rings. The summed E-state index contributed by atoms with van der Waals surface area (Å²) in [5.74, 6) is 0.834. The van der Waals surface area contributed by atoms with Gasteiger partial charge in [0.15, 0.2) is 9.84 Å². The molecule has 166 valence electrons. The van der Waals surface area contributed by atoms with Crippen LogP contribution in [0.5, 0.6) is 0 Å². The minimum atomic E-state index is -3.30. The van der Waals surface area contributed by atoms with Crippen molar-refractivity contribution in [2.24, 2.45) is 11.8 Å². The van der Waals surface area contributed by atoms with Crippen LogP contribution in [0.4, 0.5) is 0 Å². The number of hydrogen-bond acceptors (Lipinski definition) is 5. The summed E-state index contributed by atoms with van der Waals surface area (Å²) >= 11 is 0.